The van der Waals surface area contributed by atoms with Gasteiger partial charge in [0.1, 0.15) is 0 Å². The third-order valence-electron chi connectivity index (χ3n) is 5.14. The second-order valence-corrected chi connectivity index (χ2v) is 6.11. The van der Waals surface area contributed by atoms with Crippen LogP contribution in [-0.2, 0) is 19.1 Å². The number of fused-ring (bicyclic) bond motifs is 1. The Labute approximate surface area is 117 Å². The molecule has 0 spiro atoms. The van der Waals surface area contributed by atoms with Crippen LogP contribution in [0.15, 0.2) is 0 Å². The van der Waals surface area contributed by atoms with Gasteiger partial charge in [0.2, 0.25) is 11.8 Å². The molecular weight excluding hydrogens is 262 g/mol. The molecule has 0 radical (unpaired) electrons. The van der Waals surface area contributed by atoms with E-state index in [4.69, 9.17) is 4.74 Å². The summed E-state index contributed by atoms with van der Waals surface area (Å²) in [5.41, 5.74) is -1.47. The molecule has 1 N–H and O–H groups in total. The molecule has 0 aromatic rings. The Bertz CT molecular complexity index is 444. The van der Waals surface area contributed by atoms with Gasteiger partial charge in [-0.2, -0.15) is 0 Å². The van der Waals surface area contributed by atoms with Crippen LogP contribution in [0.4, 0.5) is 0 Å². The predicted molar refractivity (Wildman–Crippen MR) is 67.7 cm³/mol. The summed E-state index contributed by atoms with van der Waals surface area (Å²) < 4.78 is 5.17. The maximum atomic E-state index is 12.5. The number of ether oxygens (including phenoxy) is 1. The summed E-state index contributed by atoms with van der Waals surface area (Å²) in [6, 6.07) is 0. The highest BCUT2D eigenvalue weighted by atomic mass is 16.5. The molecule has 3 aliphatic rings. The lowest BCUT2D eigenvalue weighted by Gasteiger charge is -2.32. The fraction of sp³-hybridized carbons (Fsp3) is 0.786. The second-order valence-electron chi connectivity index (χ2n) is 6.11. The summed E-state index contributed by atoms with van der Waals surface area (Å²) in [4.78, 5) is 37.7. The quantitative estimate of drug-likeness (QED) is 0.768. The number of likely N-dealkylation sites (tertiary alicyclic amines) is 1. The lowest BCUT2D eigenvalue weighted by molar-refractivity contribution is -0.164. The largest absolute Gasteiger partial charge is 0.479 e. The summed E-state index contributed by atoms with van der Waals surface area (Å²) in [6.45, 7) is 2.24. The van der Waals surface area contributed by atoms with E-state index in [9.17, 15) is 19.5 Å². The van der Waals surface area contributed by atoms with Gasteiger partial charge in [-0.3, -0.25) is 14.5 Å². The van der Waals surface area contributed by atoms with Crippen LogP contribution >= 0.6 is 0 Å². The Morgan fingerprint density at radius 1 is 1.35 bits per heavy atom. The van der Waals surface area contributed by atoms with Gasteiger partial charge in [-0.25, -0.2) is 4.79 Å². The number of carbonyl (C=O) groups excluding carboxylic acids is 2. The Hall–Kier alpha value is -1.43. The van der Waals surface area contributed by atoms with E-state index in [0.29, 0.717) is 18.8 Å². The maximum Gasteiger partial charge on any atom is 0.332 e. The van der Waals surface area contributed by atoms with Crippen LogP contribution in [0.25, 0.3) is 0 Å². The molecule has 110 valence electrons. The first-order chi connectivity index (χ1) is 9.51. The SMILES string of the molecule is CCC1CC2C(=O)N(C3(C(=O)O)CCOC3)C(=O)C2C1. The molecule has 1 saturated carbocycles. The van der Waals surface area contributed by atoms with E-state index in [1.165, 1.54) is 0 Å². The van der Waals surface area contributed by atoms with Crippen LogP contribution in [0.3, 0.4) is 0 Å². The van der Waals surface area contributed by atoms with Gasteiger partial charge in [-0.1, -0.05) is 13.3 Å². The minimum atomic E-state index is -1.47. The number of rotatable bonds is 3. The smallest absolute Gasteiger partial charge is 0.332 e. The van der Waals surface area contributed by atoms with Gasteiger partial charge in [-0.05, 0) is 18.8 Å². The van der Waals surface area contributed by atoms with Gasteiger partial charge >= 0.3 is 5.97 Å². The van der Waals surface area contributed by atoms with E-state index >= 15 is 0 Å². The van der Waals surface area contributed by atoms with Crippen LogP contribution in [0.5, 0.6) is 0 Å². The molecule has 2 heterocycles. The molecule has 0 aromatic carbocycles. The standard InChI is InChI=1S/C14H19NO5/c1-2-8-5-9-10(6-8)12(17)15(11(9)16)14(13(18)19)3-4-20-7-14/h8-10H,2-7H2,1H3,(H,18,19). The normalized spacial score (nSPS) is 40.5. The van der Waals surface area contributed by atoms with Crippen LogP contribution < -0.4 is 0 Å². The molecule has 6 heteroatoms. The van der Waals surface area contributed by atoms with Crippen molar-refractivity contribution in [3.63, 3.8) is 0 Å². The average molecular weight is 281 g/mol. The van der Waals surface area contributed by atoms with Crippen LogP contribution in [0, 0.1) is 17.8 Å². The average Bonchev–Trinajstić information content (AvgIpc) is 3.09. The highest BCUT2D eigenvalue weighted by Gasteiger charge is 2.62. The number of hydrogen-bond acceptors (Lipinski definition) is 4. The monoisotopic (exact) mass is 281 g/mol. The summed E-state index contributed by atoms with van der Waals surface area (Å²) in [5.74, 6) is -1.97. The van der Waals surface area contributed by atoms with E-state index in [1.807, 2.05) is 0 Å². The van der Waals surface area contributed by atoms with E-state index < -0.39 is 11.5 Å². The minimum absolute atomic E-state index is 0.0868. The number of carboxylic acids is 1. The van der Waals surface area contributed by atoms with Crippen molar-refractivity contribution >= 4 is 17.8 Å². The van der Waals surface area contributed by atoms with Crippen molar-refractivity contribution in [1.29, 1.82) is 0 Å². The van der Waals surface area contributed by atoms with E-state index in [1.54, 1.807) is 0 Å². The zero-order valence-corrected chi connectivity index (χ0v) is 11.5. The van der Waals surface area contributed by atoms with Gasteiger partial charge in [0, 0.05) is 13.0 Å². The summed E-state index contributed by atoms with van der Waals surface area (Å²) in [6.07, 6.45) is 2.56. The Morgan fingerprint density at radius 3 is 2.35 bits per heavy atom. The van der Waals surface area contributed by atoms with E-state index in [-0.39, 0.29) is 43.3 Å². The van der Waals surface area contributed by atoms with Crippen molar-refractivity contribution in [3.8, 4) is 0 Å². The van der Waals surface area contributed by atoms with Gasteiger partial charge in [0.05, 0.1) is 18.4 Å². The highest BCUT2D eigenvalue weighted by molar-refractivity contribution is 6.09. The number of carboxylic acid groups (broad SMARTS) is 1. The van der Waals surface area contributed by atoms with Gasteiger partial charge in [0.15, 0.2) is 5.54 Å². The predicted octanol–water partition coefficient (Wildman–Crippen LogP) is 0.651. The molecule has 3 unspecified atom stereocenters. The lowest BCUT2D eigenvalue weighted by atomic mass is 9.95. The number of imide groups is 1. The number of hydrogen-bond donors (Lipinski definition) is 1. The van der Waals surface area contributed by atoms with E-state index in [0.717, 1.165) is 11.3 Å². The summed E-state index contributed by atoms with van der Waals surface area (Å²) >= 11 is 0. The fourth-order valence-corrected chi connectivity index (χ4v) is 3.88. The van der Waals surface area contributed by atoms with Crippen LogP contribution in [0.2, 0.25) is 0 Å². The first kappa shape index (κ1) is 13.5. The third kappa shape index (κ3) is 1.63. The number of nitrogens with zero attached hydrogens (tertiary/aromatic N) is 1. The second kappa shape index (κ2) is 4.55. The number of aliphatic carboxylic acids is 1. The van der Waals surface area contributed by atoms with Crippen molar-refractivity contribution in [2.45, 2.75) is 38.1 Å². The zero-order chi connectivity index (χ0) is 14.5. The molecule has 6 nitrogen and oxygen atoms in total. The maximum absolute atomic E-state index is 12.5. The van der Waals surface area contributed by atoms with Gasteiger partial charge < -0.3 is 9.84 Å². The minimum Gasteiger partial charge on any atom is -0.479 e. The Morgan fingerprint density at radius 2 is 1.95 bits per heavy atom. The lowest BCUT2D eigenvalue weighted by Crippen LogP contribution is -2.58. The molecule has 3 fully saturated rings. The van der Waals surface area contributed by atoms with E-state index in [2.05, 4.69) is 6.92 Å². The van der Waals surface area contributed by atoms with Crippen LogP contribution in [0.1, 0.15) is 32.6 Å². The first-order valence-corrected chi connectivity index (χ1v) is 7.20. The van der Waals surface area contributed by atoms with Crippen molar-refractivity contribution < 1.29 is 24.2 Å². The topological polar surface area (TPSA) is 83.9 Å². The number of carbonyl (C=O) groups is 3. The van der Waals surface area contributed by atoms with Crippen molar-refractivity contribution in [2.75, 3.05) is 13.2 Å². The molecule has 1 aliphatic carbocycles. The summed E-state index contributed by atoms with van der Waals surface area (Å²) in [7, 11) is 0. The molecule has 0 bridgehead atoms. The van der Waals surface area contributed by atoms with Gasteiger partial charge in [0.25, 0.3) is 0 Å². The molecule has 0 aromatic heterocycles. The molecule has 2 amide bonds. The zero-order valence-electron chi connectivity index (χ0n) is 11.5. The van der Waals surface area contributed by atoms with Crippen molar-refractivity contribution in [1.82, 2.24) is 4.90 Å². The molecule has 3 atom stereocenters. The third-order valence-corrected chi connectivity index (χ3v) is 5.14. The fourth-order valence-electron chi connectivity index (χ4n) is 3.88. The molecule has 3 rings (SSSR count). The molecular formula is C14H19NO5. The van der Waals surface area contributed by atoms with Gasteiger partial charge in [-0.15, -0.1) is 0 Å². The molecule has 20 heavy (non-hydrogen) atoms. The van der Waals surface area contributed by atoms with Crippen molar-refractivity contribution in [3.05, 3.63) is 0 Å². The Balaban J connectivity index is 1.91. The first-order valence-electron chi connectivity index (χ1n) is 7.20. The molecule has 2 saturated heterocycles. The van der Waals surface area contributed by atoms with Crippen LogP contribution in [-0.4, -0.2) is 46.5 Å². The molecule has 2 aliphatic heterocycles. The summed E-state index contributed by atoms with van der Waals surface area (Å²) in [5, 5.41) is 9.50. The Kier molecular flexibility index (Phi) is 3.08. The number of amides is 2. The van der Waals surface area contributed by atoms with Crippen molar-refractivity contribution in [2.24, 2.45) is 17.8 Å². The highest BCUT2D eigenvalue weighted by Crippen LogP contribution is 2.47.